The molecule has 4 heteroatoms. The van der Waals surface area contributed by atoms with Crippen LogP contribution in [0, 0.1) is 11.6 Å². The lowest BCUT2D eigenvalue weighted by Crippen LogP contribution is -2.40. The van der Waals surface area contributed by atoms with Crippen LogP contribution in [0.4, 0.5) is 8.78 Å². The molecule has 90 valence electrons. The lowest BCUT2D eigenvalue weighted by atomic mass is 10.1. The average molecular weight is 229 g/mol. The van der Waals surface area contributed by atoms with Crippen LogP contribution >= 0.6 is 0 Å². The van der Waals surface area contributed by atoms with E-state index >= 15 is 0 Å². The summed E-state index contributed by atoms with van der Waals surface area (Å²) in [6.07, 6.45) is 0. The second-order valence-corrected chi connectivity index (χ2v) is 4.19. The Morgan fingerprint density at radius 3 is 2.31 bits per heavy atom. The summed E-state index contributed by atoms with van der Waals surface area (Å²) >= 11 is 0. The Morgan fingerprint density at radius 2 is 1.81 bits per heavy atom. The molecule has 0 bridgehead atoms. The van der Waals surface area contributed by atoms with E-state index in [1.807, 2.05) is 6.92 Å². The van der Waals surface area contributed by atoms with E-state index in [2.05, 4.69) is 5.32 Å². The van der Waals surface area contributed by atoms with Gasteiger partial charge in [0.15, 0.2) is 17.4 Å². The molecule has 0 saturated carbocycles. The third kappa shape index (κ3) is 3.45. The van der Waals surface area contributed by atoms with E-state index in [0.717, 1.165) is 6.54 Å². The van der Waals surface area contributed by atoms with Crippen molar-refractivity contribution in [2.75, 3.05) is 13.1 Å². The van der Waals surface area contributed by atoms with Gasteiger partial charge in [0, 0.05) is 6.54 Å². The molecule has 0 aliphatic rings. The molecular weight excluding hydrogens is 212 g/mol. The first-order valence-electron chi connectivity index (χ1n) is 5.30. The molecule has 0 aliphatic heterocycles. The molecule has 0 radical (unpaired) electrons. The molecule has 0 atom stereocenters. The molecule has 0 aliphatic carbocycles. The van der Waals surface area contributed by atoms with Crippen LogP contribution in [-0.2, 0) is 0 Å². The quantitative estimate of drug-likeness (QED) is 0.838. The highest BCUT2D eigenvalue weighted by atomic mass is 19.1. The highest BCUT2D eigenvalue weighted by molar-refractivity contribution is 5.26. The van der Waals surface area contributed by atoms with Crippen molar-refractivity contribution < 1.29 is 13.5 Å². The molecule has 2 nitrogen and oxygen atoms in total. The standard InChI is InChI=1S/C12H17F2NO/c1-4-15-8-12(2,3)16-11-9(13)6-5-7-10(11)14/h5-7,15H,4,8H2,1-3H3. The second-order valence-electron chi connectivity index (χ2n) is 4.19. The molecule has 0 saturated heterocycles. The summed E-state index contributed by atoms with van der Waals surface area (Å²) in [6, 6.07) is 3.68. The predicted molar refractivity (Wildman–Crippen MR) is 59.6 cm³/mol. The molecule has 1 aromatic rings. The first-order valence-corrected chi connectivity index (χ1v) is 5.30. The number of likely N-dealkylation sites (N-methyl/N-ethyl adjacent to an activating group) is 1. The van der Waals surface area contributed by atoms with E-state index in [1.165, 1.54) is 18.2 Å². The van der Waals surface area contributed by atoms with Gasteiger partial charge in [0.1, 0.15) is 5.60 Å². The third-order valence-electron chi connectivity index (χ3n) is 2.10. The number of benzene rings is 1. The maximum absolute atomic E-state index is 13.3. The molecule has 0 fully saturated rings. The maximum atomic E-state index is 13.3. The van der Waals surface area contributed by atoms with E-state index in [4.69, 9.17) is 4.74 Å². The van der Waals surface area contributed by atoms with Crippen LogP contribution in [0.2, 0.25) is 0 Å². The SMILES string of the molecule is CCNCC(C)(C)Oc1c(F)cccc1F. The molecule has 0 heterocycles. The lowest BCUT2D eigenvalue weighted by molar-refractivity contribution is 0.0970. The number of hydrogen-bond acceptors (Lipinski definition) is 2. The van der Waals surface area contributed by atoms with Crippen LogP contribution in [-0.4, -0.2) is 18.7 Å². The van der Waals surface area contributed by atoms with Gasteiger partial charge in [0.05, 0.1) is 0 Å². The monoisotopic (exact) mass is 229 g/mol. The van der Waals surface area contributed by atoms with E-state index < -0.39 is 17.2 Å². The zero-order chi connectivity index (χ0) is 12.2. The normalized spacial score (nSPS) is 11.6. The van der Waals surface area contributed by atoms with Gasteiger partial charge in [-0.2, -0.15) is 0 Å². The van der Waals surface area contributed by atoms with Crippen LogP contribution in [0.3, 0.4) is 0 Å². The summed E-state index contributed by atoms with van der Waals surface area (Å²) in [5.74, 6) is -1.67. The summed E-state index contributed by atoms with van der Waals surface area (Å²) in [4.78, 5) is 0. The minimum Gasteiger partial charge on any atom is -0.480 e. The molecule has 1 aromatic carbocycles. The fourth-order valence-electron chi connectivity index (χ4n) is 1.32. The van der Waals surface area contributed by atoms with Crippen molar-refractivity contribution in [3.8, 4) is 5.75 Å². The highest BCUT2D eigenvalue weighted by Gasteiger charge is 2.22. The summed E-state index contributed by atoms with van der Waals surface area (Å²) in [5.41, 5.74) is -0.654. The van der Waals surface area contributed by atoms with Crippen LogP contribution in [0.25, 0.3) is 0 Å². The first-order chi connectivity index (χ1) is 7.46. The van der Waals surface area contributed by atoms with Gasteiger partial charge in [-0.05, 0) is 32.5 Å². The van der Waals surface area contributed by atoms with E-state index in [0.29, 0.717) is 6.54 Å². The molecule has 0 spiro atoms. The van der Waals surface area contributed by atoms with Crippen molar-refractivity contribution in [1.29, 1.82) is 0 Å². The summed E-state index contributed by atoms with van der Waals surface area (Å²) in [6.45, 7) is 6.83. The highest BCUT2D eigenvalue weighted by Crippen LogP contribution is 2.25. The molecular formula is C12H17F2NO. The van der Waals surface area contributed by atoms with Crippen molar-refractivity contribution in [2.24, 2.45) is 0 Å². The largest absolute Gasteiger partial charge is 0.480 e. The Balaban J connectivity index is 2.79. The molecule has 0 amide bonds. The minimum absolute atomic E-state index is 0.314. The minimum atomic E-state index is -0.676. The van der Waals surface area contributed by atoms with Gasteiger partial charge in [0.25, 0.3) is 0 Å². The smallest absolute Gasteiger partial charge is 0.191 e. The molecule has 0 aromatic heterocycles. The lowest BCUT2D eigenvalue weighted by Gasteiger charge is -2.27. The van der Waals surface area contributed by atoms with Gasteiger partial charge in [0.2, 0.25) is 0 Å². The third-order valence-corrected chi connectivity index (χ3v) is 2.10. The Bertz CT molecular complexity index is 333. The van der Waals surface area contributed by atoms with Crippen LogP contribution < -0.4 is 10.1 Å². The number of hydrogen-bond donors (Lipinski definition) is 1. The van der Waals surface area contributed by atoms with E-state index in [-0.39, 0.29) is 5.75 Å². The number of halogens is 2. The molecule has 1 N–H and O–H groups in total. The van der Waals surface area contributed by atoms with E-state index in [9.17, 15) is 8.78 Å². The van der Waals surface area contributed by atoms with Crippen LogP contribution in [0.1, 0.15) is 20.8 Å². The Morgan fingerprint density at radius 1 is 1.25 bits per heavy atom. The van der Waals surface area contributed by atoms with Crippen molar-refractivity contribution in [1.82, 2.24) is 5.32 Å². The zero-order valence-corrected chi connectivity index (χ0v) is 9.81. The molecule has 1 rings (SSSR count). The number of nitrogens with one attached hydrogen (secondary N) is 1. The Labute approximate surface area is 94.6 Å². The molecule has 0 unspecified atom stereocenters. The van der Waals surface area contributed by atoms with Crippen molar-refractivity contribution >= 4 is 0 Å². The second kappa shape index (κ2) is 5.25. The van der Waals surface area contributed by atoms with Crippen LogP contribution in [0.15, 0.2) is 18.2 Å². The van der Waals surface area contributed by atoms with Gasteiger partial charge in [-0.25, -0.2) is 8.78 Å². The van der Waals surface area contributed by atoms with Gasteiger partial charge in [-0.15, -0.1) is 0 Å². The maximum Gasteiger partial charge on any atom is 0.191 e. The topological polar surface area (TPSA) is 21.3 Å². The Kier molecular flexibility index (Phi) is 4.24. The van der Waals surface area contributed by atoms with Gasteiger partial charge in [-0.1, -0.05) is 13.0 Å². The number of para-hydroxylation sites is 1. The molecule has 16 heavy (non-hydrogen) atoms. The average Bonchev–Trinajstić information content (AvgIpc) is 2.21. The number of ether oxygens (including phenoxy) is 1. The summed E-state index contributed by atoms with van der Waals surface area (Å²) in [5, 5.41) is 3.08. The van der Waals surface area contributed by atoms with Crippen molar-refractivity contribution in [3.05, 3.63) is 29.8 Å². The summed E-state index contributed by atoms with van der Waals surface area (Å²) < 4.78 is 32.0. The van der Waals surface area contributed by atoms with Gasteiger partial charge >= 0.3 is 0 Å². The fraction of sp³-hybridized carbons (Fsp3) is 0.500. The van der Waals surface area contributed by atoms with Gasteiger partial charge in [-0.3, -0.25) is 0 Å². The van der Waals surface area contributed by atoms with E-state index in [1.54, 1.807) is 13.8 Å². The predicted octanol–water partition coefficient (Wildman–Crippen LogP) is 2.73. The number of rotatable bonds is 5. The Hall–Kier alpha value is -1.16. The summed E-state index contributed by atoms with van der Waals surface area (Å²) in [7, 11) is 0. The fourth-order valence-corrected chi connectivity index (χ4v) is 1.32. The zero-order valence-electron chi connectivity index (χ0n) is 9.81. The van der Waals surface area contributed by atoms with Crippen LogP contribution in [0.5, 0.6) is 5.75 Å². The van der Waals surface area contributed by atoms with Crippen molar-refractivity contribution in [2.45, 2.75) is 26.4 Å². The van der Waals surface area contributed by atoms with Gasteiger partial charge < -0.3 is 10.1 Å². The van der Waals surface area contributed by atoms with Crippen molar-refractivity contribution in [3.63, 3.8) is 0 Å². The first kappa shape index (κ1) is 12.9.